The molecule has 0 amide bonds. The molecule has 1 N–H and O–H groups in total. The van der Waals surface area contributed by atoms with Crippen LogP contribution in [0.2, 0.25) is 0 Å². The van der Waals surface area contributed by atoms with Crippen LogP contribution in [0.5, 0.6) is 0 Å². The standard InChI is InChI=1S/C15H29NO2/c1-3-4-5-6-7-8-9-10-11-12-13-16-14(2)15(17)18/h3-13H2,1-2H3,(H,17,18). The highest BCUT2D eigenvalue weighted by atomic mass is 16.4. The maximum atomic E-state index is 10.5. The van der Waals surface area contributed by atoms with E-state index in [1.807, 2.05) is 0 Å². The Morgan fingerprint density at radius 2 is 1.33 bits per heavy atom. The van der Waals surface area contributed by atoms with Crippen LogP contribution in [0.25, 0.3) is 0 Å². The molecule has 0 fully saturated rings. The minimum Gasteiger partial charge on any atom is -0.477 e. The summed E-state index contributed by atoms with van der Waals surface area (Å²) in [4.78, 5) is 14.5. The van der Waals surface area contributed by atoms with Gasteiger partial charge in [0.05, 0.1) is 0 Å². The molecule has 0 aromatic heterocycles. The number of aliphatic imine (C=N–C) groups is 1. The number of unbranched alkanes of at least 4 members (excludes halogenated alkanes) is 9. The van der Waals surface area contributed by atoms with Crippen LogP contribution < -0.4 is 0 Å². The maximum absolute atomic E-state index is 10.5. The lowest BCUT2D eigenvalue weighted by molar-refractivity contribution is -0.129. The van der Waals surface area contributed by atoms with Crippen molar-refractivity contribution in [3.8, 4) is 0 Å². The Balaban J connectivity index is 3.17. The molecule has 18 heavy (non-hydrogen) atoms. The Hall–Kier alpha value is -0.860. The molecule has 0 aromatic carbocycles. The average molecular weight is 255 g/mol. The van der Waals surface area contributed by atoms with Gasteiger partial charge in [0.1, 0.15) is 5.71 Å². The molecular formula is C15H29NO2. The zero-order chi connectivity index (χ0) is 13.6. The predicted octanol–water partition coefficient (Wildman–Crippen LogP) is 4.45. The van der Waals surface area contributed by atoms with Crippen molar-refractivity contribution in [2.45, 2.75) is 78.1 Å². The predicted molar refractivity (Wildman–Crippen MR) is 77.5 cm³/mol. The van der Waals surface area contributed by atoms with Gasteiger partial charge in [-0.2, -0.15) is 0 Å². The van der Waals surface area contributed by atoms with Crippen LogP contribution >= 0.6 is 0 Å². The van der Waals surface area contributed by atoms with Gasteiger partial charge < -0.3 is 5.11 Å². The van der Waals surface area contributed by atoms with Gasteiger partial charge in [0.15, 0.2) is 0 Å². The van der Waals surface area contributed by atoms with Crippen LogP contribution in [0, 0.1) is 0 Å². The molecule has 0 heterocycles. The number of carboxylic acids is 1. The third-order valence-corrected chi connectivity index (χ3v) is 3.17. The number of hydrogen-bond acceptors (Lipinski definition) is 2. The van der Waals surface area contributed by atoms with E-state index in [0.29, 0.717) is 6.54 Å². The van der Waals surface area contributed by atoms with Crippen LogP contribution in [0.4, 0.5) is 0 Å². The summed E-state index contributed by atoms with van der Waals surface area (Å²) >= 11 is 0. The summed E-state index contributed by atoms with van der Waals surface area (Å²) in [5.41, 5.74) is 0.228. The average Bonchev–Trinajstić information content (AvgIpc) is 2.35. The molecule has 0 atom stereocenters. The first-order chi connectivity index (χ1) is 8.68. The first-order valence-electron chi connectivity index (χ1n) is 7.42. The molecule has 106 valence electrons. The van der Waals surface area contributed by atoms with Crippen LogP contribution in [-0.2, 0) is 4.79 Å². The van der Waals surface area contributed by atoms with Crippen molar-refractivity contribution in [3.63, 3.8) is 0 Å². The lowest BCUT2D eigenvalue weighted by Crippen LogP contribution is -2.08. The van der Waals surface area contributed by atoms with Gasteiger partial charge in [0.25, 0.3) is 0 Å². The van der Waals surface area contributed by atoms with Crippen molar-refractivity contribution in [2.24, 2.45) is 4.99 Å². The van der Waals surface area contributed by atoms with Crippen molar-refractivity contribution >= 4 is 11.7 Å². The number of carbonyl (C=O) groups is 1. The SMILES string of the molecule is CCCCCCCCCCCCN=C(C)C(=O)O. The van der Waals surface area contributed by atoms with E-state index in [1.54, 1.807) is 6.92 Å². The van der Waals surface area contributed by atoms with Crippen LogP contribution in [0.1, 0.15) is 78.1 Å². The molecule has 0 spiro atoms. The fourth-order valence-electron chi connectivity index (χ4n) is 1.91. The first kappa shape index (κ1) is 17.1. The summed E-state index contributed by atoms with van der Waals surface area (Å²) in [5, 5.41) is 8.61. The minimum atomic E-state index is -0.901. The zero-order valence-electron chi connectivity index (χ0n) is 12.1. The molecule has 0 saturated heterocycles. The lowest BCUT2D eigenvalue weighted by atomic mass is 10.1. The summed E-state index contributed by atoms with van der Waals surface area (Å²) < 4.78 is 0. The summed E-state index contributed by atoms with van der Waals surface area (Å²) in [6.45, 7) is 4.46. The van der Waals surface area contributed by atoms with Gasteiger partial charge in [-0.15, -0.1) is 0 Å². The summed E-state index contributed by atoms with van der Waals surface area (Å²) in [6.07, 6.45) is 12.9. The molecular weight excluding hydrogens is 226 g/mol. The van der Waals surface area contributed by atoms with Crippen LogP contribution in [0.15, 0.2) is 4.99 Å². The van der Waals surface area contributed by atoms with Crippen molar-refractivity contribution < 1.29 is 9.90 Å². The van der Waals surface area contributed by atoms with E-state index in [0.717, 1.165) is 6.42 Å². The number of aliphatic carboxylic acids is 1. The normalized spacial score (nSPS) is 11.8. The molecule has 0 radical (unpaired) electrons. The van der Waals surface area contributed by atoms with E-state index in [2.05, 4.69) is 11.9 Å². The molecule has 0 aromatic rings. The highest BCUT2D eigenvalue weighted by Gasteiger charge is 1.99. The van der Waals surface area contributed by atoms with Crippen molar-refractivity contribution in [2.75, 3.05) is 6.54 Å². The van der Waals surface area contributed by atoms with Gasteiger partial charge in [0, 0.05) is 6.54 Å². The molecule has 0 aliphatic carbocycles. The van der Waals surface area contributed by atoms with Crippen molar-refractivity contribution in [1.29, 1.82) is 0 Å². The van der Waals surface area contributed by atoms with Crippen molar-refractivity contribution in [1.82, 2.24) is 0 Å². The van der Waals surface area contributed by atoms with E-state index in [-0.39, 0.29) is 5.71 Å². The van der Waals surface area contributed by atoms with Gasteiger partial charge in [-0.1, -0.05) is 64.7 Å². The van der Waals surface area contributed by atoms with E-state index in [9.17, 15) is 4.79 Å². The second kappa shape index (κ2) is 12.6. The van der Waals surface area contributed by atoms with Crippen LogP contribution in [-0.4, -0.2) is 23.3 Å². The van der Waals surface area contributed by atoms with Gasteiger partial charge in [-0.05, 0) is 13.3 Å². The van der Waals surface area contributed by atoms with E-state index >= 15 is 0 Å². The Morgan fingerprint density at radius 3 is 1.78 bits per heavy atom. The smallest absolute Gasteiger partial charge is 0.349 e. The van der Waals surface area contributed by atoms with Crippen LogP contribution in [0.3, 0.4) is 0 Å². The van der Waals surface area contributed by atoms with E-state index in [1.165, 1.54) is 57.8 Å². The van der Waals surface area contributed by atoms with Crippen molar-refractivity contribution in [3.05, 3.63) is 0 Å². The molecule has 0 aliphatic heterocycles. The Morgan fingerprint density at radius 1 is 0.889 bits per heavy atom. The zero-order valence-corrected chi connectivity index (χ0v) is 12.1. The molecule has 0 bridgehead atoms. The number of rotatable bonds is 12. The molecule has 0 aliphatic rings. The third-order valence-electron chi connectivity index (χ3n) is 3.17. The molecule has 3 heteroatoms. The number of carboxylic acid groups (broad SMARTS) is 1. The Labute approximate surface area is 112 Å². The van der Waals surface area contributed by atoms with Gasteiger partial charge in [-0.3, -0.25) is 4.99 Å². The molecule has 0 saturated carbocycles. The van der Waals surface area contributed by atoms with Gasteiger partial charge in [0.2, 0.25) is 0 Å². The summed E-state index contributed by atoms with van der Waals surface area (Å²) in [5.74, 6) is -0.901. The quantitative estimate of drug-likeness (QED) is 0.413. The highest BCUT2D eigenvalue weighted by Crippen LogP contribution is 2.10. The highest BCUT2D eigenvalue weighted by molar-refractivity contribution is 6.34. The minimum absolute atomic E-state index is 0.228. The van der Waals surface area contributed by atoms with Gasteiger partial charge >= 0.3 is 5.97 Å². The lowest BCUT2D eigenvalue weighted by Gasteiger charge is -2.01. The molecule has 3 nitrogen and oxygen atoms in total. The number of hydrogen-bond donors (Lipinski definition) is 1. The fraction of sp³-hybridized carbons (Fsp3) is 0.867. The Bertz CT molecular complexity index is 237. The number of nitrogens with zero attached hydrogens (tertiary/aromatic N) is 1. The summed E-state index contributed by atoms with van der Waals surface area (Å²) in [6, 6.07) is 0. The van der Waals surface area contributed by atoms with Gasteiger partial charge in [-0.25, -0.2) is 4.79 Å². The largest absolute Gasteiger partial charge is 0.477 e. The topological polar surface area (TPSA) is 49.7 Å². The third kappa shape index (κ3) is 11.6. The maximum Gasteiger partial charge on any atom is 0.349 e. The summed E-state index contributed by atoms with van der Waals surface area (Å²) in [7, 11) is 0. The molecule has 0 unspecified atom stereocenters. The molecule has 0 rings (SSSR count). The second-order valence-corrected chi connectivity index (χ2v) is 4.95. The van der Waals surface area contributed by atoms with E-state index < -0.39 is 5.97 Å². The van der Waals surface area contributed by atoms with E-state index in [4.69, 9.17) is 5.11 Å². The monoisotopic (exact) mass is 255 g/mol. The second-order valence-electron chi connectivity index (χ2n) is 4.95. The first-order valence-corrected chi connectivity index (χ1v) is 7.42. The fourth-order valence-corrected chi connectivity index (χ4v) is 1.91. The Kier molecular flexibility index (Phi) is 12.0.